The quantitative estimate of drug-likeness (QED) is 0.932. The molecule has 126 valence electrons. The Morgan fingerprint density at radius 1 is 1.35 bits per heavy atom. The Kier molecular flexibility index (Phi) is 4.85. The molecule has 23 heavy (non-hydrogen) atoms. The minimum atomic E-state index is -0.00480. The number of piperidine rings is 1. The first-order valence-corrected chi connectivity index (χ1v) is 8.69. The van der Waals surface area contributed by atoms with E-state index in [0.717, 1.165) is 50.9 Å². The van der Waals surface area contributed by atoms with Crippen LogP contribution in [0.1, 0.15) is 51.1 Å². The number of hydrogen-bond donors (Lipinski definition) is 1. The van der Waals surface area contributed by atoms with Crippen molar-refractivity contribution in [1.82, 2.24) is 15.2 Å². The molecule has 1 N–H and O–H groups in total. The average Bonchev–Trinajstić information content (AvgIpc) is 3.01. The van der Waals surface area contributed by atoms with Gasteiger partial charge in [-0.05, 0) is 43.2 Å². The molecule has 2 amide bonds. The number of pyridine rings is 1. The van der Waals surface area contributed by atoms with Gasteiger partial charge in [0.05, 0.1) is 11.6 Å². The van der Waals surface area contributed by atoms with Crippen molar-refractivity contribution in [2.24, 2.45) is 5.92 Å². The normalized spacial score (nSPS) is 21.6. The molecule has 5 heteroatoms. The number of rotatable bonds is 3. The number of nitrogens with zero attached hydrogens (tertiary/aromatic N) is 2. The van der Waals surface area contributed by atoms with Crippen molar-refractivity contribution in [2.75, 3.05) is 19.7 Å². The summed E-state index contributed by atoms with van der Waals surface area (Å²) in [7, 11) is 0. The van der Waals surface area contributed by atoms with Gasteiger partial charge in [0.1, 0.15) is 0 Å². The van der Waals surface area contributed by atoms with E-state index in [2.05, 4.69) is 24.1 Å². The van der Waals surface area contributed by atoms with E-state index in [9.17, 15) is 4.79 Å². The number of urea groups is 1. The molecule has 1 spiro atoms. The molecule has 3 rings (SSSR count). The van der Waals surface area contributed by atoms with E-state index in [1.165, 1.54) is 0 Å². The molecule has 0 unspecified atom stereocenters. The van der Waals surface area contributed by atoms with Gasteiger partial charge in [0, 0.05) is 32.1 Å². The smallest absolute Gasteiger partial charge is 0.317 e. The highest BCUT2D eigenvalue weighted by Crippen LogP contribution is 2.35. The lowest BCUT2D eigenvalue weighted by Gasteiger charge is -2.39. The first-order valence-electron chi connectivity index (χ1n) is 8.69. The van der Waals surface area contributed by atoms with Gasteiger partial charge in [0.15, 0.2) is 0 Å². The Morgan fingerprint density at radius 2 is 2.13 bits per heavy atom. The van der Waals surface area contributed by atoms with Gasteiger partial charge in [-0.3, -0.25) is 4.98 Å². The van der Waals surface area contributed by atoms with Crippen LogP contribution in [0.15, 0.2) is 24.5 Å². The molecular formula is C18H27N3O2. The van der Waals surface area contributed by atoms with Crippen LogP contribution in [-0.2, 0) is 4.74 Å². The van der Waals surface area contributed by atoms with Crippen molar-refractivity contribution < 1.29 is 9.53 Å². The second-order valence-electron chi connectivity index (χ2n) is 7.08. The predicted octanol–water partition coefficient (Wildman–Crippen LogP) is 3.13. The molecule has 1 aromatic rings. The first-order chi connectivity index (χ1) is 11.1. The lowest BCUT2D eigenvalue weighted by atomic mass is 9.89. The van der Waals surface area contributed by atoms with Gasteiger partial charge in [0.2, 0.25) is 0 Å². The number of amides is 2. The predicted molar refractivity (Wildman–Crippen MR) is 89.1 cm³/mol. The fourth-order valence-corrected chi connectivity index (χ4v) is 3.69. The maximum Gasteiger partial charge on any atom is 0.317 e. The standard InChI is InChI=1S/C18H27N3O2/c1-14(2)16(15-5-3-9-19-13-15)20-17(22)21-10-7-18(8-11-21)6-4-12-23-18/h3,5,9,13-14,16H,4,6-8,10-12H2,1-2H3,(H,20,22)/t16-/m0/s1. The summed E-state index contributed by atoms with van der Waals surface area (Å²) in [6, 6.07) is 3.96. The maximum absolute atomic E-state index is 12.6. The molecule has 1 atom stereocenters. The third-order valence-electron chi connectivity index (χ3n) is 5.14. The van der Waals surface area contributed by atoms with E-state index < -0.39 is 0 Å². The third kappa shape index (κ3) is 3.66. The SMILES string of the molecule is CC(C)[C@H](NC(=O)N1CCC2(CCCO2)CC1)c1cccnc1. The van der Waals surface area contributed by atoms with Crippen LogP contribution in [-0.4, -0.2) is 41.2 Å². The molecule has 2 fully saturated rings. The summed E-state index contributed by atoms with van der Waals surface area (Å²) in [4.78, 5) is 18.7. The van der Waals surface area contributed by atoms with Crippen LogP contribution < -0.4 is 5.32 Å². The Hall–Kier alpha value is -1.62. The molecule has 0 aliphatic carbocycles. The van der Waals surface area contributed by atoms with Gasteiger partial charge < -0.3 is 15.0 Å². The van der Waals surface area contributed by atoms with Crippen LogP contribution in [0.5, 0.6) is 0 Å². The summed E-state index contributed by atoms with van der Waals surface area (Å²) < 4.78 is 5.93. The van der Waals surface area contributed by atoms with Crippen molar-refractivity contribution in [3.05, 3.63) is 30.1 Å². The highest BCUT2D eigenvalue weighted by Gasteiger charge is 2.39. The molecule has 2 saturated heterocycles. The lowest BCUT2D eigenvalue weighted by Crippen LogP contribution is -2.50. The largest absolute Gasteiger partial charge is 0.375 e. The number of carbonyl (C=O) groups is 1. The molecular weight excluding hydrogens is 290 g/mol. The van der Waals surface area contributed by atoms with E-state index >= 15 is 0 Å². The summed E-state index contributed by atoms with van der Waals surface area (Å²) in [5.41, 5.74) is 1.11. The van der Waals surface area contributed by atoms with Crippen LogP contribution in [0.3, 0.4) is 0 Å². The zero-order valence-electron chi connectivity index (χ0n) is 14.1. The number of hydrogen-bond acceptors (Lipinski definition) is 3. The van der Waals surface area contributed by atoms with E-state index in [-0.39, 0.29) is 17.7 Å². The highest BCUT2D eigenvalue weighted by atomic mass is 16.5. The summed E-state index contributed by atoms with van der Waals surface area (Å²) in [6.07, 6.45) is 7.81. The average molecular weight is 317 g/mol. The summed E-state index contributed by atoms with van der Waals surface area (Å²) >= 11 is 0. The van der Waals surface area contributed by atoms with Gasteiger partial charge >= 0.3 is 6.03 Å². The minimum absolute atomic E-state index is 0.00480. The zero-order chi connectivity index (χ0) is 16.3. The molecule has 0 saturated carbocycles. The molecule has 2 aliphatic rings. The fraction of sp³-hybridized carbons (Fsp3) is 0.667. The fourth-order valence-electron chi connectivity index (χ4n) is 3.69. The Bertz CT molecular complexity index is 516. The van der Waals surface area contributed by atoms with Crippen LogP contribution in [0.4, 0.5) is 4.79 Å². The van der Waals surface area contributed by atoms with Gasteiger partial charge in [0.25, 0.3) is 0 Å². The van der Waals surface area contributed by atoms with Crippen LogP contribution in [0.2, 0.25) is 0 Å². The number of aromatic nitrogens is 1. The number of ether oxygens (including phenoxy) is 1. The van der Waals surface area contributed by atoms with Crippen LogP contribution in [0.25, 0.3) is 0 Å². The number of likely N-dealkylation sites (tertiary alicyclic amines) is 1. The van der Waals surface area contributed by atoms with Gasteiger partial charge in [-0.25, -0.2) is 4.79 Å². The summed E-state index contributed by atoms with van der Waals surface area (Å²) in [5, 5.41) is 3.19. The third-order valence-corrected chi connectivity index (χ3v) is 5.14. The number of nitrogens with one attached hydrogen (secondary N) is 1. The van der Waals surface area contributed by atoms with Crippen molar-refractivity contribution in [1.29, 1.82) is 0 Å². The molecule has 3 heterocycles. The van der Waals surface area contributed by atoms with Gasteiger partial charge in [-0.15, -0.1) is 0 Å². The van der Waals surface area contributed by atoms with Crippen LogP contribution in [0, 0.1) is 5.92 Å². The number of carbonyl (C=O) groups excluding carboxylic acids is 1. The second kappa shape index (κ2) is 6.87. The van der Waals surface area contributed by atoms with Crippen LogP contribution >= 0.6 is 0 Å². The maximum atomic E-state index is 12.6. The van der Waals surface area contributed by atoms with Crippen molar-refractivity contribution in [3.8, 4) is 0 Å². The highest BCUT2D eigenvalue weighted by molar-refractivity contribution is 5.75. The zero-order valence-corrected chi connectivity index (χ0v) is 14.1. The molecule has 1 aromatic heterocycles. The topological polar surface area (TPSA) is 54.5 Å². The van der Waals surface area contributed by atoms with Crippen molar-refractivity contribution in [3.63, 3.8) is 0 Å². The monoisotopic (exact) mass is 317 g/mol. The van der Waals surface area contributed by atoms with Gasteiger partial charge in [-0.1, -0.05) is 19.9 Å². The molecule has 0 aromatic carbocycles. The van der Waals surface area contributed by atoms with E-state index in [1.807, 2.05) is 23.2 Å². The van der Waals surface area contributed by atoms with E-state index in [4.69, 9.17) is 4.74 Å². The lowest BCUT2D eigenvalue weighted by molar-refractivity contribution is -0.0363. The Balaban J connectivity index is 1.59. The Labute approximate surface area is 138 Å². The molecule has 5 nitrogen and oxygen atoms in total. The minimum Gasteiger partial charge on any atom is -0.375 e. The van der Waals surface area contributed by atoms with Crippen molar-refractivity contribution in [2.45, 2.75) is 51.2 Å². The summed E-state index contributed by atoms with van der Waals surface area (Å²) in [6.45, 7) is 6.68. The molecule has 2 aliphatic heterocycles. The second-order valence-corrected chi connectivity index (χ2v) is 7.08. The Morgan fingerprint density at radius 3 is 2.70 bits per heavy atom. The van der Waals surface area contributed by atoms with Crippen molar-refractivity contribution >= 4 is 6.03 Å². The molecule has 0 bridgehead atoms. The van der Waals surface area contributed by atoms with Gasteiger partial charge in [-0.2, -0.15) is 0 Å². The molecule has 0 radical (unpaired) electrons. The summed E-state index contributed by atoms with van der Waals surface area (Å²) in [5.74, 6) is 0.317. The van der Waals surface area contributed by atoms with E-state index in [0.29, 0.717) is 5.92 Å². The van der Waals surface area contributed by atoms with E-state index in [1.54, 1.807) is 6.20 Å². The first kappa shape index (κ1) is 16.2.